The van der Waals surface area contributed by atoms with E-state index in [1.54, 1.807) is 0 Å². The summed E-state index contributed by atoms with van der Waals surface area (Å²) < 4.78 is -0.939. The summed E-state index contributed by atoms with van der Waals surface area (Å²) in [4.78, 5) is 52.8. The maximum atomic E-state index is 11.5. The van der Waals surface area contributed by atoms with E-state index in [2.05, 4.69) is 41.8 Å². The van der Waals surface area contributed by atoms with E-state index in [0.29, 0.717) is 0 Å². The number of pyridine rings is 2. The first-order valence-corrected chi connectivity index (χ1v) is 7.32. The highest BCUT2D eigenvalue weighted by molar-refractivity contribution is 9.10. The van der Waals surface area contributed by atoms with Crippen molar-refractivity contribution in [2.24, 2.45) is 0 Å². The van der Waals surface area contributed by atoms with Crippen LogP contribution >= 0.6 is 31.9 Å². The number of hydrogen-bond donors (Lipinski definition) is 4. The fraction of sp³-hybridized carbons (Fsp3) is 0. The second-order valence-corrected chi connectivity index (χ2v) is 5.73. The van der Waals surface area contributed by atoms with Gasteiger partial charge in [-0.15, -0.1) is 0 Å². The van der Waals surface area contributed by atoms with Gasteiger partial charge in [-0.3, -0.25) is 0 Å². The predicted octanol–water partition coefficient (Wildman–Crippen LogP) is 1.95. The Morgan fingerprint density at radius 2 is 0.917 bits per heavy atom. The Balaban J connectivity index is 3.34. The van der Waals surface area contributed by atoms with Gasteiger partial charge in [0, 0.05) is 10.8 Å². The van der Waals surface area contributed by atoms with Crippen LogP contribution in [0, 0.1) is 0 Å². The number of nitrogens with zero attached hydrogens (tertiary/aromatic N) is 2. The first-order valence-electron chi connectivity index (χ1n) is 5.73. The van der Waals surface area contributed by atoms with Crippen LogP contribution in [0.3, 0.4) is 0 Å². The van der Waals surface area contributed by atoms with E-state index in [1.807, 2.05) is 0 Å². The number of hydrogen-bond acceptors (Lipinski definition) is 6. The predicted molar refractivity (Wildman–Crippen MR) is 82.8 cm³/mol. The zero-order valence-electron chi connectivity index (χ0n) is 11.1. The summed E-state index contributed by atoms with van der Waals surface area (Å²) in [5, 5.41) is 35.8. The second kappa shape index (κ2) is 6.13. The van der Waals surface area contributed by atoms with Gasteiger partial charge in [-0.25, -0.2) is 29.1 Å². The van der Waals surface area contributed by atoms with Crippen LogP contribution in [0.4, 0.5) is 0 Å². The van der Waals surface area contributed by atoms with Crippen molar-refractivity contribution in [2.45, 2.75) is 0 Å². The average molecular weight is 464 g/mol. The number of aromatic nitrogens is 2. The molecule has 0 fully saturated rings. The minimum atomic E-state index is -1.67. The fourth-order valence-electron chi connectivity index (χ4n) is 2.05. The summed E-state index contributed by atoms with van der Waals surface area (Å²) in [6.07, 6.45) is 0. The molecule has 0 atom stereocenters. The number of carbonyl (C=O) groups is 4. The average Bonchev–Trinajstić information content (AvgIpc) is 2.44. The standard InChI is InChI=1S/C12H4Br2N2O8/c13-7-3(9(17)18)1-2(6(16-7)12(23)24)4(10(19)20)8(14)15-5(1)11(21)22/h(H,17,18)(H,19,20)(H,21,22)(H,23,24). The summed E-state index contributed by atoms with van der Waals surface area (Å²) in [6.45, 7) is 0. The minimum absolute atomic E-state index is 0.470. The summed E-state index contributed by atoms with van der Waals surface area (Å²) >= 11 is 5.53. The highest BCUT2D eigenvalue weighted by atomic mass is 79.9. The van der Waals surface area contributed by atoms with E-state index in [-0.39, 0.29) is 0 Å². The van der Waals surface area contributed by atoms with Gasteiger partial charge in [-0.05, 0) is 31.9 Å². The Kier molecular flexibility index (Phi) is 4.53. The van der Waals surface area contributed by atoms with E-state index in [9.17, 15) is 39.6 Å². The fourth-order valence-corrected chi connectivity index (χ4v) is 3.14. The molecule has 0 spiro atoms. The lowest BCUT2D eigenvalue weighted by atomic mass is 9.99. The molecule has 124 valence electrons. The maximum absolute atomic E-state index is 11.5. The van der Waals surface area contributed by atoms with Crippen LogP contribution in [0.25, 0.3) is 10.8 Å². The zero-order valence-corrected chi connectivity index (χ0v) is 14.2. The van der Waals surface area contributed by atoms with Gasteiger partial charge in [-0.1, -0.05) is 0 Å². The summed E-state index contributed by atoms with van der Waals surface area (Å²) in [7, 11) is 0. The molecule has 0 bridgehead atoms. The van der Waals surface area contributed by atoms with Gasteiger partial charge < -0.3 is 20.4 Å². The van der Waals surface area contributed by atoms with E-state index >= 15 is 0 Å². The van der Waals surface area contributed by atoms with Crippen LogP contribution < -0.4 is 0 Å². The molecule has 4 N–H and O–H groups in total. The number of aromatic carboxylic acids is 4. The van der Waals surface area contributed by atoms with Crippen LogP contribution in [0.1, 0.15) is 41.7 Å². The van der Waals surface area contributed by atoms with Crippen LogP contribution in [-0.2, 0) is 0 Å². The highest BCUT2D eigenvalue weighted by Gasteiger charge is 2.31. The number of fused-ring (bicyclic) bond motifs is 1. The molecule has 0 saturated heterocycles. The molecule has 24 heavy (non-hydrogen) atoms. The smallest absolute Gasteiger partial charge is 0.355 e. The quantitative estimate of drug-likeness (QED) is 0.490. The van der Waals surface area contributed by atoms with Crippen LogP contribution in [0.15, 0.2) is 9.21 Å². The van der Waals surface area contributed by atoms with E-state index in [1.165, 1.54) is 0 Å². The number of halogens is 2. The summed E-state index contributed by atoms with van der Waals surface area (Å²) in [5.41, 5.74) is -3.08. The largest absolute Gasteiger partial charge is 0.478 e. The van der Waals surface area contributed by atoms with Crippen LogP contribution in [0.2, 0.25) is 0 Å². The maximum Gasteiger partial charge on any atom is 0.355 e. The zero-order chi connectivity index (χ0) is 18.3. The molecule has 0 unspecified atom stereocenters. The normalized spacial score (nSPS) is 10.6. The molecule has 0 aliphatic heterocycles. The van der Waals surface area contributed by atoms with Crippen molar-refractivity contribution >= 4 is 66.5 Å². The molecule has 2 aromatic heterocycles. The van der Waals surface area contributed by atoms with Crippen molar-refractivity contribution in [1.29, 1.82) is 0 Å². The lowest BCUT2D eigenvalue weighted by Gasteiger charge is -2.13. The molecule has 0 radical (unpaired) electrons. The van der Waals surface area contributed by atoms with Crippen LogP contribution in [0.5, 0.6) is 0 Å². The van der Waals surface area contributed by atoms with Gasteiger partial charge in [0.1, 0.15) is 20.3 Å². The van der Waals surface area contributed by atoms with Crippen molar-refractivity contribution in [3.8, 4) is 0 Å². The molecule has 0 saturated carbocycles. The summed E-state index contributed by atoms with van der Waals surface area (Å²) in [6, 6.07) is 0. The Labute approximate surface area is 148 Å². The lowest BCUT2D eigenvalue weighted by Crippen LogP contribution is -2.16. The molecule has 2 aromatic rings. The molecule has 2 rings (SSSR count). The van der Waals surface area contributed by atoms with Gasteiger partial charge in [0.2, 0.25) is 0 Å². The Bertz CT molecular complexity index is 879. The molecule has 0 aliphatic carbocycles. The van der Waals surface area contributed by atoms with Gasteiger partial charge in [0.25, 0.3) is 0 Å². The van der Waals surface area contributed by atoms with Crippen molar-refractivity contribution < 1.29 is 39.6 Å². The second-order valence-electron chi connectivity index (χ2n) is 4.22. The first-order chi connectivity index (χ1) is 11.1. The third-order valence-electron chi connectivity index (χ3n) is 2.89. The molecule has 0 amide bonds. The third kappa shape index (κ3) is 2.69. The number of carboxylic acids is 4. The molecule has 0 aliphatic rings. The molecular weight excluding hydrogens is 460 g/mol. The van der Waals surface area contributed by atoms with Gasteiger partial charge in [0.15, 0.2) is 11.4 Å². The summed E-state index contributed by atoms with van der Waals surface area (Å²) in [5.74, 6) is -6.62. The van der Waals surface area contributed by atoms with Gasteiger partial charge in [-0.2, -0.15) is 0 Å². The Hall–Kier alpha value is -2.60. The monoisotopic (exact) mass is 462 g/mol. The molecule has 0 aromatic carbocycles. The first kappa shape index (κ1) is 17.7. The molecule has 12 heteroatoms. The lowest BCUT2D eigenvalue weighted by molar-refractivity contribution is 0.0668. The van der Waals surface area contributed by atoms with Crippen molar-refractivity contribution in [2.75, 3.05) is 0 Å². The van der Waals surface area contributed by atoms with E-state index in [4.69, 9.17) is 0 Å². The van der Waals surface area contributed by atoms with Crippen LogP contribution in [-0.4, -0.2) is 54.3 Å². The van der Waals surface area contributed by atoms with Gasteiger partial charge in [0.05, 0.1) is 0 Å². The van der Waals surface area contributed by atoms with Crippen molar-refractivity contribution in [1.82, 2.24) is 9.97 Å². The third-order valence-corrected chi connectivity index (χ3v) is 4.04. The van der Waals surface area contributed by atoms with Crippen molar-refractivity contribution in [3.05, 3.63) is 31.7 Å². The SMILES string of the molecule is O=C(O)c1nc(Br)c(C(=O)O)c2c(C(=O)O)nc(Br)c(C(=O)O)c12. The molecule has 2 heterocycles. The Morgan fingerprint density at radius 1 is 0.625 bits per heavy atom. The molecular formula is C12H4Br2N2O8. The molecule has 10 nitrogen and oxygen atoms in total. The number of rotatable bonds is 4. The topological polar surface area (TPSA) is 175 Å². The van der Waals surface area contributed by atoms with E-state index < -0.39 is 66.4 Å². The Morgan fingerprint density at radius 3 is 1.12 bits per heavy atom. The van der Waals surface area contributed by atoms with Gasteiger partial charge >= 0.3 is 23.9 Å². The number of carboxylic acid groups (broad SMARTS) is 4. The van der Waals surface area contributed by atoms with Crippen molar-refractivity contribution in [3.63, 3.8) is 0 Å². The van der Waals surface area contributed by atoms with E-state index in [0.717, 1.165) is 0 Å². The highest BCUT2D eigenvalue weighted by Crippen LogP contribution is 2.35. The minimum Gasteiger partial charge on any atom is -0.478 e.